The molecule has 2 nitrogen and oxygen atoms in total. The first kappa shape index (κ1) is 15.3. The fourth-order valence-corrected chi connectivity index (χ4v) is 2.32. The summed E-state index contributed by atoms with van der Waals surface area (Å²) in [5.74, 6) is 0. The zero-order valence-corrected chi connectivity index (χ0v) is 12.6. The van der Waals surface area contributed by atoms with Crippen LogP contribution in [0.3, 0.4) is 0 Å². The van der Waals surface area contributed by atoms with Crippen molar-refractivity contribution in [2.24, 2.45) is 0 Å². The van der Waals surface area contributed by atoms with Crippen LogP contribution < -0.4 is 5.32 Å². The van der Waals surface area contributed by atoms with Gasteiger partial charge in [-0.2, -0.15) is 5.26 Å². The van der Waals surface area contributed by atoms with Gasteiger partial charge in [-0.15, -0.1) is 0 Å². The molecule has 0 fully saturated rings. The fraction of sp³-hybridized carbons (Fsp3) is 0.316. The molecule has 0 saturated heterocycles. The van der Waals surface area contributed by atoms with Crippen molar-refractivity contribution in [3.8, 4) is 6.07 Å². The lowest BCUT2D eigenvalue weighted by atomic mass is 10.1. The van der Waals surface area contributed by atoms with Crippen LogP contribution in [0.15, 0.2) is 70.9 Å². The van der Waals surface area contributed by atoms with Gasteiger partial charge in [0.2, 0.25) is 0 Å². The Morgan fingerprint density at radius 1 is 1.00 bits per heavy atom. The largest absolute Gasteiger partial charge is 0.309 e. The lowest BCUT2D eigenvalue weighted by Gasteiger charge is -2.08. The summed E-state index contributed by atoms with van der Waals surface area (Å²) in [6.45, 7) is 3.89. The highest BCUT2D eigenvalue weighted by Crippen LogP contribution is 2.11. The molecule has 0 aromatic heterocycles. The lowest BCUT2D eigenvalue weighted by Crippen LogP contribution is -2.19. The summed E-state index contributed by atoms with van der Waals surface area (Å²) >= 11 is 0. The summed E-state index contributed by atoms with van der Waals surface area (Å²) in [6.07, 6.45) is 19.9. The summed E-state index contributed by atoms with van der Waals surface area (Å²) in [5.41, 5.74) is 4.80. The minimum absolute atomic E-state index is 0.743. The second-order valence-corrected chi connectivity index (χ2v) is 5.36. The van der Waals surface area contributed by atoms with E-state index in [2.05, 4.69) is 60.8 Å². The van der Waals surface area contributed by atoms with Crippen LogP contribution in [0.25, 0.3) is 0 Å². The van der Waals surface area contributed by atoms with Gasteiger partial charge in [0.05, 0.1) is 6.07 Å². The Kier molecular flexibility index (Phi) is 5.99. The molecule has 0 saturated carbocycles. The second kappa shape index (κ2) is 8.24. The average Bonchev–Trinajstić information content (AvgIpc) is 2.66. The van der Waals surface area contributed by atoms with Gasteiger partial charge in [-0.1, -0.05) is 54.2 Å². The molecular formula is C19H22N2. The van der Waals surface area contributed by atoms with E-state index in [4.69, 9.17) is 5.26 Å². The Morgan fingerprint density at radius 3 is 2.48 bits per heavy atom. The molecule has 0 atom stereocenters. The number of hydrogen-bond donors (Lipinski definition) is 1. The lowest BCUT2D eigenvalue weighted by molar-refractivity contribution is 0.804. The van der Waals surface area contributed by atoms with Gasteiger partial charge < -0.3 is 5.32 Å². The number of nitrogens with one attached hydrogen (secondary N) is 1. The minimum Gasteiger partial charge on any atom is -0.309 e. The maximum absolute atomic E-state index is 8.90. The summed E-state index contributed by atoms with van der Waals surface area (Å²) in [5, 5.41) is 12.4. The van der Waals surface area contributed by atoms with E-state index in [1.165, 1.54) is 16.7 Å². The molecule has 0 aliphatic heterocycles. The van der Waals surface area contributed by atoms with Gasteiger partial charge in [-0.3, -0.25) is 0 Å². The first-order valence-corrected chi connectivity index (χ1v) is 7.47. The molecule has 0 heterocycles. The zero-order chi connectivity index (χ0) is 14.9. The third kappa shape index (κ3) is 5.41. The molecule has 0 aromatic carbocycles. The van der Waals surface area contributed by atoms with E-state index >= 15 is 0 Å². The number of nitrogens with zero attached hydrogens (tertiary/aromatic N) is 1. The molecule has 2 heteroatoms. The molecule has 1 N–H and O–H groups in total. The maximum atomic E-state index is 8.90. The normalized spacial score (nSPS) is 21.0. The quantitative estimate of drug-likeness (QED) is 0.839. The highest BCUT2D eigenvalue weighted by Gasteiger charge is 2.00. The molecule has 0 amide bonds. The Labute approximate surface area is 127 Å². The highest BCUT2D eigenvalue weighted by atomic mass is 14.8. The van der Waals surface area contributed by atoms with E-state index < -0.39 is 0 Å². The molecule has 0 aromatic rings. The Balaban J connectivity index is 1.82. The number of hydrogen-bond acceptors (Lipinski definition) is 2. The van der Waals surface area contributed by atoms with Gasteiger partial charge >= 0.3 is 0 Å². The van der Waals surface area contributed by atoms with Gasteiger partial charge in [-0.05, 0) is 30.9 Å². The van der Waals surface area contributed by atoms with Crippen LogP contribution in [0.5, 0.6) is 0 Å². The Hall–Kier alpha value is -2.11. The summed E-state index contributed by atoms with van der Waals surface area (Å²) in [4.78, 5) is 0. The molecule has 108 valence electrons. The van der Waals surface area contributed by atoms with E-state index in [0.717, 1.165) is 37.9 Å². The zero-order valence-electron chi connectivity index (χ0n) is 12.6. The van der Waals surface area contributed by atoms with E-state index in [1.807, 2.05) is 6.08 Å². The van der Waals surface area contributed by atoms with Crippen molar-refractivity contribution in [2.45, 2.75) is 26.2 Å². The number of allylic oxidation sites excluding steroid dienone is 8. The Morgan fingerprint density at radius 2 is 1.71 bits per heavy atom. The van der Waals surface area contributed by atoms with Crippen molar-refractivity contribution >= 4 is 0 Å². The summed E-state index contributed by atoms with van der Waals surface area (Å²) in [6, 6.07) is 2.23. The van der Waals surface area contributed by atoms with Crippen LogP contribution in [0.4, 0.5) is 0 Å². The van der Waals surface area contributed by atoms with Crippen molar-refractivity contribution in [2.75, 3.05) is 13.1 Å². The molecule has 0 bridgehead atoms. The highest BCUT2D eigenvalue weighted by molar-refractivity contribution is 5.33. The number of nitriles is 1. The molecule has 0 radical (unpaired) electrons. The van der Waals surface area contributed by atoms with Crippen molar-refractivity contribution in [1.82, 2.24) is 5.32 Å². The van der Waals surface area contributed by atoms with Crippen LogP contribution in [0.2, 0.25) is 0 Å². The third-order valence-corrected chi connectivity index (χ3v) is 3.60. The van der Waals surface area contributed by atoms with Crippen molar-refractivity contribution in [1.29, 1.82) is 5.26 Å². The smallest absolute Gasteiger partial charge is 0.0947 e. The fourth-order valence-electron chi connectivity index (χ4n) is 2.32. The van der Waals surface area contributed by atoms with E-state index in [0.29, 0.717) is 0 Å². The van der Waals surface area contributed by atoms with Gasteiger partial charge in [0, 0.05) is 25.1 Å². The SMILES string of the molecule is CC1=CCC=C(CNCC2=CC/C=C(/C#N)CC=C2)C=C1. The molecule has 2 rings (SSSR count). The van der Waals surface area contributed by atoms with Crippen molar-refractivity contribution < 1.29 is 0 Å². The molecular weight excluding hydrogens is 256 g/mol. The van der Waals surface area contributed by atoms with Crippen molar-refractivity contribution in [3.05, 3.63) is 70.9 Å². The molecule has 21 heavy (non-hydrogen) atoms. The van der Waals surface area contributed by atoms with Crippen LogP contribution in [0.1, 0.15) is 26.2 Å². The third-order valence-electron chi connectivity index (χ3n) is 3.60. The minimum atomic E-state index is 0.743. The van der Waals surface area contributed by atoms with Crippen LogP contribution in [-0.4, -0.2) is 13.1 Å². The topological polar surface area (TPSA) is 35.8 Å². The second-order valence-electron chi connectivity index (χ2n) is 5.36. The van der Waals surface area contributed by atoms with E-state index in [-0.39, 0.29) is 0 Å². The average molecular weight is 278 g/mol. The van der Waals surface area contributed by atoms with E-state index in [1.54, 1.807) is 0 Å². The Bertz CT molecular complexity index is 590. The molecule has 0 unspecified atom stereocenters. The molecule has 2 aliphatic rings. The standard InChI is InChI=1S/C19H22N2/c1-16-5-2-8-19(12-11-16)15-21-14-18-9-3-6-17(13-20)7-4-10-18/h3,5,7-12,21H,2,4,6,14-15H2,1H3/b9-3?,17-7+,18-10?. The summed E-state index contributed by atoms with van der Waals surface area (Å²) in [7, 11) is 0. The predicted octanol–water partition coefficient (Wildman–Crippen LogP) is 4.13. The van der Waals surface area contributed by atoms with Gasteiger partial charge in [0.25, 0.3) is 0 Å². The van der Waals surface area contributed by atoms with Gasteiger partial charge in [0.1, 0.15) is 0 Å². The van der Waals surface area contributed by atoms with Crippen molar-refractivity contribution in [3.63, 3.8) is 0 Å². The number of rotatable bonds is 4. The maximum Gasteiger partial charge on any atom is 0.0947 e. The first-order chi connectivity index (χ1) is 10.3. The monoisotopic (exact) mass is 278 g/mol. The van der Waals surface area contributed by atoms with Crippen LogP contribution >= 0.6 is 0 Å². The van der Waals surface area contributed by atoms with Gasteiger partial charge in [0.15, 0.2) is 0 Å². The van der Waals surface area contributed by atoms with Crippen LogP contribution in [0, 0.1) is 11.3 Å². The molecule has 0 spiro atoms. The van der Waals surface area contributed by atoms with Crippen LogP contribution in [-0.2, 0) is 0 Å². The summed E-state index contributed by atoms with van der Waals surface area (Å²) < 4.78 is 0. The molecule has 2 aliphatic carbocycles. The first-order valence-electron chi connectivity index (χ1n) is 7.47. The van der Waals surface area contributed by atoms with E-state index in [9.17, 15) is 0 Å². The van der Waals surface area contributed by atoms with Gasteiger partial charge in [-0.25, -0.2) is 0 Å². The predicted molar refractivity (Wildman–Crippen MR) is 88.6 cm³/mol.